The number of nitrogens with zero attached hydrogens (tertiary/aromatic N) is 1. The molecule has 0 aromatic heterocycles. The van der Waals surface area contributed by atoms with E-state index in [1.165, 1.54) is 0 Å². The van der Waals surface area contributed by atoms with Gasteiger partial charge < -0.3 is 0 Å². The minimum absolute atomic E-state index is 0.383. The van der Waals surface area contributed by atoms with E-state index in [9.17, 15) is 4.79 Å². The molecule has 2 rings (SSSR count). The van der Waals surface area contributed by atoms with Crippen LogP contribution in [0.4, 0.5) is 0 Å². The summed E-state index contributed by atoms with van der Waals surface area (Å²) in [6, 6.07) is 18.0. The molecule has 0 N–H and O–H groups in total. The molecule has 0 heterocycles. The highest BCUT2D eigenvalue weighted by Gasteiger charge is 2.02. The molecule has 0 atom stereocenters. The van der Waals surface area contributed by atoms with Crippen LogP contribution >= 0.6 is 0 Å². The predicted molar refractivity (Wildman–Crippen MR) is 63.7 cm³/mol. The normalized spacial score (nSPS) is 9.50. The molecule has 0 radical (unpaired) electrons. The van der Waals surface area contributed by atoms with Crippen molar-refractivity contribution in [1.82, 2.24) is 0 Å². The second kappa shape index (κ2) is 5.06. The summed E-state index contributed by atoms with van der Waals surface area (Å²) in [6.07, 6.45) is 1.57. The van der Waals surface area contributed by atoms with Crippen LogP contribution in [0.25, 0.3) is 11.1 Å². The summed E-state index contributed by atoms with van der Waals surface area (Å²) in [5.41, 5.74) is 3.29. The number of aliphatic imine (C=N–C) groups is 1. The molecule has 0 aliphatic heterocycles. The zero-order valence-corrected chi connectivity index (χ0v) is 8.76. The molecule has 0 fully saturated rings. The molecule has 78 valence electrons. The van der Waals surface area contributed by atoms with Gasteiger partial charge in [-0.1, -0.05) is 54.6 Å². The Bertz CT molecular complexity index is 513. The first-order valence-corrected chi connectivity index (χ1v) is 5.09. The zero-order valence-electron chi connectivity index (χ0n) is 8.76. The highest BCUT2D eigenvalue weighted by molar-refractivity contribution is 5.67. The summed E-state index contributed by atoms with van der Waals surface area (Å²) in [6.45, 7) is 0.383. The Balaban J connectivity index is 2.44. The number of rotatable bonds is 3. The van der Waals surface area contributed by atoms with Gasteiger partial charge in [-0.25, -0.2) is 9.79 Å². The molecule has 0 aliphatic carbocycles. The predicted octanol–water partition coefficient (Wildman–Crippen LogP) is 3.19. The van der Waals surface area contributed by atoms with E-state index in [1.54, 1.807) is 6.08 Å². The maximum atomic E-state index is 10.1. The molecule has 0 unspecified atom stereocenters. The highest BCUT2D eigenvalue weighted by Crippen LogP contribution is 2.23. The van der Waals surface area contributed by atoms with Gasteiger partial charge in [0.05, 0.1) is 6.54 Å². The van der Waals surface area contributed by atoms with Crippen molar-refractivity contribution in [3.63, 3.8) is 0 Å². The third kappa shape index (κ3) is 2.25. The van der Waals surface area contributed by atoms with Crippen LogP contribution in [-0.2, 0) is 11.3 Å². The van der Waals surface area contributed by atoms with Crippen molar-refractivity contribution in [1.29, 1.82) is 0 Å². The largest absolute Gasteiger partial charge is 0.235 e. The van der Waals surface area contributed by atoms with Crippen LogP contribution in [0.3, 0.4) is 0 Å². The summed E-state index contributed by atoms with van der Waals surface area (Å²) in [7, 11) is 0. The second-order valence-electron chi connectivity index (χ2n) is 3.43. The monoisotopic (exact) mass is 209 g/mol. The Hall–Kier alpha value is -2.18. The first-order chi connectivity index (χ1) is 7.92. The van der Waals surface area contributed by atoms with E-state index < -0.39 is 0 Å². The average Bonchev–Trinajstić information content (AvgIpc) is 2.38. The fourth-order valence-corrected chi connectivity index (χ4v) is 1.67. The van der Waals surface area contributed by atoms with Crippen molar-refractivity contribution in [2.24, 2.45) is 4.99 Å². The molecule has 2 nitrogen and oxygen atoms in total. The van der Waals surface area contributed by atoms with Crippen molar-refractivity contribution in [3.8, 4) is 11.1 Å². The van der Waals surface area contributed by atoms with Gasteiger partial charge in [-0.15, -0.1) is 0 Å². The average molecular weight is 209 g/mol. The van der Waals surface area contributed by atoms with E-state index in [2.05, 4.69) is 4.99 Å². The summed E-state index contributed by atoms with van der Waals surface area (Å²) in [5, 5.41) is 0. The smallest absolute Gasteiger partial charge is 0.211 e. The van der Waals surface area contributed by atoms with Crippen LogP contribution in [0.15, 0.2) is 59.6 Å². The number of isocyanates is 1. The van der Waals surface area contributed by atoms with Crippen LogP contribution in [-0.4, -0.2) is 6.08 Å². The van der Waals surface area contributed by atoms with E-state index in [-0.39, 0.29) is 0 Å². The molecule has 0 spiro atoms. The highest BCUT2D eigenvalue weighted by atomic mass is 16.1. The third-order valence-corrected chi connectivity index (χ3v) is 2.42. The Labute approximate surface area is 94.3 Å². The van der Waals surface area contributed by atoms with Crippen molar-refractivity contribution < 1.29 is 4.79 Å². The van der Waals surface area contributed by atoms with Gasteiger partial charge in [-0.2, -0.15) is 0 Å². The molecule has 16 heavy (non-hydrogen) atoms. The van der Waals surface area contributed by atoms with Crippen LogP contribution in [0.5, 0.6) is 0 Å². The lowest BCUT2D eigenvalue weighted by molar-refractivity contribution is 0.563. The molecule has 0 saturated heterocycles. The molecule has 2 aromatic rings. The molecule has 0 amide bonds. The topological polar surface area (TPSA) is 29.4 Å². The van der Waals surface area contributed by atoms with Crippen LogP contribution < -0.4 is 0 Å². The fourth-order valence-electron chi connectivity index (χ4n) is 1.67. The lowest BCUT2D eigenvalue weighted by Crippen LogP contribution is -1.87. The number of hydrogen-bond acceptors (Lipinski definition) is 2. The standard InChI is InChI=1S/C14H11NO/c16-11-15-10-13-8-4-5-9-14(13)12-6-2-1-3-7-12/h1-9H,10H2. The maximum absolute atomic E-state index is 10.1. The Kier molecular flexibility index (Phi) is 3.27. The van der Waals surface area contributed by atoms with Crippen LogP contribution in [0.2, 0.25) is 0 Å². The summed E-state index contributed by atoms with van der Waals surface area (Å²) in [4.78, 5) is 13.8. The maximum Gasteiger partial charge on any atom is 0.235 e. The SMILES string of the molecule is O=C=NCc1ccccc1-c1ccccc1. The van der Waals surface area contributed by atoms with Crippen molar-refractivity contribution in [3.05, 3.63) is 60.2 Å². The van der Waals surface area contributed by atoms with E-state index in [4.69, 9.17) is 0 Å². The van der Waals surface area contributed by atoms with Gasteiger partial charge in [0.15, 0.2) is 0 Å². The summed E-state index contributed by atoms with van der Waals surface area (Å²) < 4.78 is 0. The van der Waals surface area contributed by atoms with Crippen molar-refractivity contribution in [2.75, 3.05) is 0 Å². The lowest BCUT2D eigenvalue weighted by Gasteiger charge is -2.06. The van der Waals surface area contributed by atoms with Crippen molar-refractivity contribution >= 4 is 6.08 Å². The Morgan fingerprint density at radius 1 is 0.938 bits per heavy atom. The molecule has 0 aliphatic rings. The zero-order chi connectivity index (χ0) is 11.2. The molecule has 0 saturated carbocycles. The van der Waals surface area contributed by atoms with E-state index in [1.807, 2.05) is 54.6 Å². The fraction of sp³-hybridized carbons (Fsp3) is 0.0714. The van der Waals surface area contributed by atoms with Crippen LogP contribution in [0, 0.1) is 0 Å². The Morgan fingerprint density at radius 2 is 1.62 bits per heavy atom. The molecule has 2 aromatic carbocycles. The van der Waals surface area contributed by atoms with Gasteiger partial charge in [-0.05, 0) is 16.7 Å². The second-order valence-corrected chi connectivity index (χ2v) is 3.43. The van der Waals surface area contributed by atoms with Gasteiger partial charge in [0.1, 0.15) is 0 Å². The lowest BCUT2D eigenvalue weighted by atomic mass is 10.00. The first kappa shape index (κ1) is 10.3. The quantitative estimate of drug-likeness (QED) is 0.564. The molecule has 0 bridgehead atoms. The van der Waals surface area contributed by atoms with Gasteiger partial charge in [0.25, 0.3) is 0 Å². The van der Waals surface area contributed by atoms with E-state index in [0.29, 0.717) is 6.54 Å². The first-order valence-electron chi connectivity index (χ1n) is 5.09. The summed E-state index contributed by atoms with van der Waals surface area (Å²) in [5.74, 6) is 0. The minimum Gasteiger partial charge on any atom is -0.211 e. The number of hydrogen-bond donors (Lipinski definition) is 0. The number of carbonyl (C=O) groups excluding carboxylic acids is 1. The summed E-state index contributed by atoms with van der Waals surface area (Å²) >= 11 is 0. The Morgan fingerprint density at radius 3 is 2.38 bits per heavy atom. The minimum atomic E-state index is 0.383. The molecular formula is C14H11NO. The van der Waals surface area contributed by atoms with Crippen LogP contribution in [0.1, 0.15) is 5.56 Å². The van der Waals surface area contributed by atoms with Crippen molar-refractivity contribution in [2.45, 2.75) is 6.54 Å². The van der Waals surface area contributed by atoms with Gasteiger partial charge in [-0.3, -0.25) is 0 Å². The molecular weight excluding hydrogens is 198 g/mol. The van der Waals surface area contributed by atoms with E-state index in [0.717, 1.165) is 16.7 Å². The van der Waals surface area contributed by atoms with Gasteiger partial charge in [0.2, 0.25) is 6.08 Å². The number of benzene rings is 2. The molecule has 2 heteroatoms. The van der Waals surface area contributed by atoms with Gasteiger partial charge in [0, 0.05) is 0 Å². The van der Waals surface area contributed by atoms with E-state index >= 15 is 0 Å². The van der Waals surface area contributed by atoms with Gasteiger partial charge >= 0.3 is 0 Å². The third-order valence-electron chi connectivity index (χ3n) is 2.42.